The van der Waals surface area contributed by atoms with Crippen LogP contribution in [-0.2, 0) is 0 Å². The summed E-state index contributed by atoms with van der Waals surface area (Å²) in [5.41, 5.74) is 6.65. The van der Waals surface area contributed by atoms with Crippen LogP contribution in [0.25, 0.3) is 0 Å². The van der Waals surface area contributed by atoms with Crippen molar-refractivity contribution in [3.8, 4) is 11.5 Å². The van der Waals surface area contributed by atoms with Crippen LogP contribution < -0.4 is 14.9 Å². The summed E-state index contributed by atoms with van der Waals surface area (Å²) < 4.78 is 11.1. The lowest BCUT2D eigenvalue weighted by Crippen LogP contribution is -2.31. The first-order valence-corrected chi connectivity index (χ1v) is 7.06. The Balaban J connectivity index is 1.65. The summed E-state index contributed by atoms with van der Waals surface area (Å²) in [4.78, 5) is 0. The Morgan fingerprint density at radius 3 is 2.76 bits per heavy atom. The molecule has 21 heavy (non-hydrogen) atoms. The quantitative estimate of drug-likeness (QED) is 0.920. The van der Waals surface area contributed by atoms with E-state index in [0.717, 1.165) is 22.8 Å². The van der Waals surface area contributed by atoms with Crippen LogP contribution in [0.3, 0.4) is 0 Å². The average Bonchev–Trinajstić information content (AvgIpc) is 2.99. The van der Waals surface area contributed by atoms with Crippen LogP contribution in [0.4, 0.5) is 0 Å². The highest BCUT2D eigenvalue weighted by Gasteiger charge is 2.38. The Bertz CT molecular complexity index is 694. The molecule has 0 bridgehead atoms. The molecule has 0 fully saturated rings. The molecule has 4 heteroatoms. The standard InChI is InChI=1S/C17H16N2O2/c1-20-12-8-6-11(7-9-12)16-14-10-21-15-5-3-2-4-13(15)17(14)19-18-16/h2-9,14,16,18H,10H2,1H3/t14-,16-/m0/s1. The van der Waals surface area contributed by atoms with Crippen molar-refractivity contribution in [1.29, 1.82) is 0 Å². The molecule has 2 heterocycles. The van der Waals surface area contributed by atoms with Gasteiger partial charge in [-0.2, -0.15) is 5.10 Å². The van der Waals surface area contributed by atoms with Crippen LogP contribution in [0.2, 0.25) is 0 Å². The molecule has 1 N–H and O–H groups in total. The number of nitrogens with zero attached hydrogens (tertiary/aromatic N) is 1. The van der Waals surface area contributed by atoms with Gasteiger partial charge < -0.3 is 14.9 Å². The Morgan fingerprint density at radius 2 is 1.95 bits per heavy atom. The van der Waals surface area contributed by atoms with E-state index < -0.39 is 0 Å². The highest BCUT2D eigenvalue weighted by molar-refractivity contribution is 6.06. The summed E-state index contributed by atoms with van der Waals surface area (Å²) in [6.07, 6.45) is 0. The fourth-order valence-corrected chi connectivity index (χ4v) is 3.01. The molecule has 0 aromatic heterocycles. The first kappa shape index (κ1) is 12.3. The number of benzene rings is 2. The second-order valence-electron chi connectivity index (χ2n) is 5.29. The van der Waals surface area contributed by atoms with Crippen molar-refractivity contribution in [2.75, 3.05) is 13.7 Å². The van der Waals surface area contributed by atoms with Crippen LogP contribution in [0.1, 0.15) is 17.2 Å². The molecule has 2 aliphatic heterocycles. The van der Waals surface area contributed by atoms with Crippen molar-refractivity contribution in [3.63, 3.8) is 0 Å². The monoisotopic (exact) mass is 280 g/mol. The maximum Gasteiger partial charge on any atom is 0.128 e. The van der Waals surface area contributed by atoms with Gasteiger partial charge in [0.25, 0.3) is 0 Å². The molecule has 2 atom stereocenters. The summed E-state index contributed by atoms with van der Waals surface area (Å²) >= 11 is 0. The minimum atomic E-state index is 0.152. The van der Waals surface area contributed by atoms with E-state index in [-0.39, 0.29) is 12.0 Å². The first-order chi connectivity index (χ1) is 10.4. The third-order valence-electron chi connectivity index (χ3n) is 4.13. The minimum absolute atomic E-state index is 0.152. The molecule has 0 aliphatic carbocycles. The third kappa shape index (κ3) is 1.95. The molecule has 106 valence electrons. The van der Waals surface area contributed by atoms with E-state index >= 15 is 0 Å². The van der Waals surface area contributed by atoms with E-state index in [2.05, 4.69) is 28.7 Å². The Hall–Kier alpha value is -2.49. The highest BCUT2D eigenvalue weighted by atomic mass is 16.5. The number of hydrogen-bond donors (Lipinski definition) is 1. The van der Waals surface area contributed by atoms with Gasteiger partial charge in [0.05, 0.1) is 31.4 Å². The normalized spacial score (nSPS) is 22.4. The van der Waals surface area contributed by atoms with E-state index in [1.807, 2.05) is 30.3 Å². The molecule has 2 aromatic rings. The van der Waals surface area contributed by atoms with E-state index in [0.29, 0.717) is 6.61 Å². The van der Waals surface area contributed by atoms with Gasteiger partial charge in [-0.25, -0.2) is 0 Å². The number of hydrazone groups is 1. The molecular formula is C17H16N2O2. The van der Waals surface area contributed by atoms with Crippen molar-refractivity contribution in [2.45, 2.75) is 6.04 Å². The zero-order valence-electron chi connectivity index (χ0n) is 11.7. The fourth-order valence-electron chi connectivity index (χ4n) is 3.01. The van der Waals surface area contributed by atoms with E-state index in [4.69, 9.17) is 9.47 Å². The van der Waals surface area contributed by atoms with Crippen LogP contribution in [0.15, 0.2) is 53.6 Å². The first-order valence-electron chi connectivity index (χ1n) is 7.06. The molecule has 0 saturated carbocycles. The van der Waals surface area contributed by atoms with Crippen LogP contribution in [0.5, 0.6) is 11.5 Å². The summed E-state index contributed by atoms with van der Waals surface area (Å²) in [5.74, 6) is 2.03. The van der Waals surface area contributed by atoms with E-state index in [9.17, 15) is 0 Å². The maximum absolute atomic E-state index is 5.89. The van der Waals surface area contributed by atoms with E-state index in [1.165, 1.54) is 5.56 Å². The van der Waals surface area contributed by atoms with Gasteiger partial charge in [-0.3, -0.25) is 0 Å². The van der Waals surface area contributed by atoms with Gasteiger partial charge in [0.1, 0.15) is 11.5 Å². The van der Waals surface area contributed by atoms with Crippen molar-refractivity contribution < 1.29 is 9.47 Å². The zero-order valence-corrected chi connectivity index (χ0v) is 11.7. The number of para-hydroxylation sites is 1. The Kier molecular flexibility index (Phi) is 2.81. The van der Waals surface area contributed by atoms with Crippen molar-refractivity contribution in [3.05, 3.63) is 59.7 Å². The van der Waals surface area contributed by atoms with Gasteiger partial charge in [0, 0.05) is 5.56 Å². The number of hydrogen-bond acceptors (Lipinski definition) is 4. The molecule has 2 aliphatic rings. The fraction of sp³-hybridized carbons (Fsp3) is 0.235. The second kappa shape index (κ2) is 4.81. The SMILES string of the molecule is COc1ccc([C@@H]2NN=C3c4ccccc4OC[C@H]32)cc1. The number of fused-ring (bicyclic) bond motifs is 3. The molecule has 4 rings (SSSR count). The molecule has 4 nitrogen and oxygen atoms in total. The molecule has 2 aromatic carbocycles. The van der Waals surface area contributed by atoms with Gasteiger partial charge >= 0.3 is 0 Å². The summed E-state index contributed by atoms with van der Waals surface area (Å²) in [6.45, 7) is 0.652. The van der Waals surface area contributed by atoms with Crippen LogP contribution in [-0.4, -0.2) is 19.4 Å². The van der Waals surface area contributed by atoms with E-state index in [1.54, 1.807) is 7.11 Å². The number of methoxy groups -OCH3 is 1. The largest absolute Gasteiger partial charge is 0.497 e. The molecule has 0 spiro atoms. The molecule has 0 radical (unpaired) electrons. The summed E-state index contributed by atoms with van der Waals surface area (Å²) in [7, 11) is 1.68. The molecule has 0 unspecified atom stereocenters. The van der Waals surface area contributed by atoms with Gasteiger partial charge in [0.15, 0.2) is 0 Å². The lowest BCUT2D eigenvalue weighted by atomic mass is 9.86. The zero-order chi connectivity index (χ0) is 14.2. The lowest BCUT2D eigenvalue weighted by molar-refractivity contribution is 0.254. The van der Waals surface area contributed by atoms with Gasteiger partial charge in [0.2, 0.25) is 0 Å². The van der Waals surface area contributed by atoms with Crippen molar-refractivity contribution in [2.24, 2.45) is 11.0 Å². The number of ether oxygens (including phenoxy) is 2. The third-order valence-corrected chi connectivity index (χ3v) is 4.13. The molecule has 0 saturated heterocycles. The minimum Gasteiger partial charge on any atom is -0.497 e. The predicted molar refractivity (Wildman–Crippen MR) is 80.8 cm³/mol. The topological polar surface area (TPSA) is 42.8 Å². The average molecular weight is 280 g/mol. The van der Waals surface area contributed by atoms with Gasteiger partial charge in [-0.1, -0.05) is 24.3 Å². The second-order valence-corrected chi connectivity index (χ2v) is 5.29. The Labute approximate surface area is 123 Å². The van der Waals surface area contributed by atoms with Gasteiger partial charge in [-0.15, -0.1) is 0 Å². The van der Waals surface area contributed by atoms with Crippen molar-refractivity contribution >= 4 is 5.71 Å². The summed E-state index contributed by atoms with van der Waals surface area (Å²) in [5, 5.41) is 4.55. The van der Waals surface area contributed by atoms with Crippen LogP contribution in [0, 0.1) is 5.92 Å². The predicted octanol–water partition coefficient (Wildman–Crippen LogP) is 2.75. The van der Waals surface area contributed by atoms with Gasteiger partial charge in [-0.05, 0) is 29.8 Å². The smallest absolute Gasteiger partial charge is 0.128 e. The Morgan fingerprint density at radius 1 is 1.14 bits per heavy atom. The number of rotatable bonds is 2. The molecule has 0 amide bonds. The molecular weight excluding hydrogens is 264 g/mol. The van der Waals surface area contributed by atoms with Crippen molar-refractivity contribution in [1.82, 2.24) is 5.43 Å². The lowest BCUT2D eigenvalue weighted by Gasteiger charge is -2.26. The van der Waals surface area contributed by atoms with Crippen LogP contribution >= 0.6 is 0 Å². The summed E-state index contributed by atoms with van der Waals surface area (Å²) in [6, 6.07) is 16.3. The number of nitrogens with one attached hydrogen (secondary N) is 1. The highest BCUT2D eigenvalue weighted by Crippen LogP contribution is 2.37. The maximum atomic E-state index is 5.89.